The highest BCUT2D eigenvalue weighted by atomic mass is 32.2. The number of nitrogens with zero attached hydrogens (tertiary/aromatic N) is 1. The first kappa shape index (κ1) is 19.6. The largest absolute Gasteiger partial charge is 0.260 e. The number of aromatic nitrogens is 1. The molecule has 20 heavy (non-hydrogen) atoms. The molecule has 0 spiro atoms. The van der Waals surface area contributed by atoms with Crippen LogP contribution in [0.1, 0.15) is 65.8 Å². The van der Waals surface area contributed by atoms with Gasteiger partial charge in [-0.1, -0.05) is 26.8 Å². The van der Waals surface area contributed by atoms with E-state index >= 15 is 0 Å². The van der Waals surface area contributed by atoms with Gasteiger partial charge < -0.3 is 0 Å². The normalized spacial score (nSPS) is 15.3. The molecule has 116 valence electrons. The molecule has 1 heterocycles. The Bertz CT molecular complexity index is 444. The third-order valence-electron chi connectivity index (χ3n) is 2.89. The van der Waals surface area contributed by atoms with Crippen molar-refractivity contribution in [2.75, 3.05) is 0 Å². The highest BCUT2D eigenvalue weighted by Crippen LogP contribution is 2.22. The summed E-state index contributed by atoms with van der Waals surface area (Å²) in [4.78, 5) is 4.50. The van der Waals surface area contributed by atoms with Gasteiger partial charge in [-0.3, -0.25) is 4.98 Å². The SMILES string of the molecule is C[C@H](N[S@](=O)C(C)(C)C)c1ccc(C(C)(C)C)nc1.S. The predicted molar refractivity (Wildman–Crippen MR) is 92.8 cm³/mol. The summed E-state index contributed by atoms with van der Waals surface area (Å²) in [5.74, 6) is 0. The Morgan fingerprint density at radius 1 is 1.15 bits per heavy atom. The van der Waals surface area contributed by atoms with Crippen molar-refractivity contribution < 1.29 is 4.21 Å². The third-order valence-corrected chi connectivity index (χ3v) is 4.57. The molecule has 0 saturated heterocycles. The van der Waals surface area contributed by atoms with Crippen LogP contribution in [0.4, 0.5) is 0 Å². The van der Waals surface area contributed by atoms with Crippen LogP contribution in [-0.2, 0) is 16.4 Å². The van der Waals surface area contributed by atoms with Gasteiger partial charge in [-0.15, -0.1) is 0 Å². The summed E-state index contributed by atoms with van der Waals surface area (Å²) in [6, 6.07) is 4.14. The lowest BCUT2D eigenvalue weighted by molar-refractivity contribution is 0.566. The maximum atomic E-state index is 12.1. The molecule has 0 aromatic carbocycles. The lowest BCUT2D eigenvalue weighted by atomic mass is 9.91. The molecule has 1 aromatic heterocycles. The standard InChI is InChI=1S/C15H26N2OS.H2S/c1-11(17-19(18)15(5,6)7)12-8-9-13(16-10-12)14(2,3)4;/h8-11,17H,1-7H3;1H2/t11-,19+;/m0./s1. The van der Waals surface area contributed by atoms with Gasteiger partial charge in [0.05, 0.1) is 15.7 Å². The monoisotopic (exact) mass is 316 g/mol. The van der Waals surface area contributed by atoms with E-state index in [2.05, 4.69) is 36.5 Å². The third kappa shape index (κ3) is 5.54. The molecule has 0 aliphatic heterocycles. The summed E-state index contributed by atoms with van der Waals surface area (Å²) in [5.41, 5.74) is 2.19. The van der Waals surface area contributed by atoms with Crippen LogP contribution in [0.3, 0.4) is 0 Å². The maximum Gasteiger partial charge on any atom is 0.0975 e. The van der Waals surface area contributed by atoms with Crippen LogP contribution in [0.15, 0.2) is 18.3 Å². The molecular formula is C15H28N2OS2. The second kappa shape index (κ2) is 7.05. The Morgan fingerprint density at radius 2 is 1.70 bits per heavy atom. The molecule has 5 heteroatoms. The summed E-state index contributed by atoms with van der Waals surface area (Å²) in [6.07, 6.45) is 1.87. The minimum Gasteiger partial charge on any atom is -0.260 e. The average Bonchev–Trinajstić information content (AvgIpc) is 2.26. The first-order valence-corrected chi connectivity index (χ1v) is 7.81. The Hall–Kier alpha value is -0.390. The van der Waals surface area contributed by atoms with Crippen molar-refractivity contribution in [2.24, 2.45) is 0 Å². The Labute approximate surface area is 133 Å². The molecule has 0 radical (unpaired) electrons. The fraction of sp³-hybridized carbons (Fsp3) is 0.667. The van der Waals surface area contributed by atoms with Crippen molar-refractivity contribution in [1.82, 2.24) is 9.71 Å². The van der Waals surface area contributed by atoms with Crippen molar-refractivity contribution in [3.63, 3.8) is 0 Å². The molecule has 0 aliphatic carbocycles. The van der Waals surface area contributed by atoms with Crippen LogP contribution in [0, 0.1) is 0 Å². The predicted octanol–water partition coefficient (Wildman–Crippen LogP) is 3.60. The van der Waals surface area contributed by atoms with E-state index in [1.165, 1.54) is 0 Å². The fourth-order valence-corrected chi connectivity index (χ4v) is 2.32. The van der Waals surface area contributed by atoms with Crippen LogP contribution in [-0.4, -0.2) is 13.9 Å². The average molecular weight is 317 g/mol. The second-order valence-corrected chi connectivity index (χ2v) is 8.95. The summed E-state index contributed by atoms with van der Waals surface area (Å²) in [5, 5.41) is 0. The van der Waals surface area contributed by atoms with E-state index in [-0.39, 0.29) is 29.7 Å². The van der Waals surface area contributed by atoms with E-state index in [0.717, 1.165) is 11.3 Å². The van der Waals surface area contributed by atoms with Gasteiger partial charge in [-0.05, 0) is 39.3 Å². The summed E-state index contributed by atoms with van der Waals surface area (Å²) < 4.78 is 14.9. The summed E-state index contributed by atoms with van der Waals surface area (Å²) in [6.45, 7) is 14.3. The van der Waals surface area contributed by atoms with E-state index in [4.69, 9.17) is 0 Å². The highest BCUT2D eigenvalue weighted by molar-refractivity contribution is 7.84. The van der Waals surface area contributed by atoms with E-state index in [1.54, 1.807) is 0 Å². The van der Waals surface area contributed by atoms with Crippen LogP contribution >= 0.6 is 13.5 Å². The van der Waals surface area contributed by atoms with Crippen LogP contribution in [0.2, 0.25) is 0 Å². The molecule has 3 nitrogen and oxygen atoms in total. The van der Waals surface area contributed by atoms with E-state index in [9.17, 15) is 4.21 Å². The van der Waals surface area contributed by atoms with Crippen molar-refractivity contribution in [3.05, 3.63) is 29.6 Å². The number of pyridine rings is 1. The fourth-order valence-electron chi connectivity index (χ4n) is 1.51. The minimum absolute atomic E-state index is 0. The quantitative estimate of drug-likeness (QED) is 0.925. The van der Waals surface area contributed by atoms with Gasteiger partial charge >= 0.3 is 0 Å². The first-order valence-electron chi connectivity index (χ1n) is 6.66. The van der Waals surface area contributed by atoms with Gasteiger partial charge in [-0.2, -0.15) is 13.5 Å². The highest BCUT2D eigenvalue weighted by Gasteiger charge is 2.22. The van der Waals surface area contributed by atoms with Gasteiger partial charge in [-0.25, -0.2) is 8.93 Å². The van der Waals surface area contributed by atoms with Crippen LogP contribution < -0.4 is 4.72 Å². The molecule has 2 atom stereocenters. The molecule has 0 unspecified atom stereocenters. The van der Waals surface area contributed by atoms with E-state index in [1.807, 2.05) is 40.0 Å². The molecule has 0 aliphatic rings. The molecular weight excluding hydrogens is 288 g/mol. The lowest BCUT2D eigenvalue weighted by Crippen LogP contribution is -2.34. The molecule has 0 fully saturated rings. The van der Waals surface area contributed by atoms with Crippen molar-refractivity contribution in [2.45, 2.75) is 64.7 Å². The summed E-state index contributed by atoms with van der Waals surface area (Å²) in [7, 11) is -1.07. The van der Waals surface area contributed by atoms with E-state index < -0.39 is 11.0 Å². The second-order valence-electron chi connectivity index (χ2n) is 6.95. The Morgan fingerprint density at radius 3 is 2.05 bits per heavy atom. The van der Waals surface area contributed by atoms with Gasteiger partial charge in [0, 0.05) is 23.3 Å². The van der Waals surface area contributed by atoms with Gasteiger partial charge in [0.25, 0.3) is 0 Å². The van der Waals surface area contributed by atoms with Gasteiger partial charge in [0.1, 0.15) is 0 Å². The zero-order chi connectivity index (χ0) is 14.8. The van der Waals surface area contributed by atoms with Crippen LogP contribution in [0.5, 0.6) is 0 Å². The lowest BCUT2D eigenvalue weighted by Gasteiger charge is -2.23. The topological polar surface area (TPSA) is 42.0 Å². The first-order chi connectivity index (χ1) is 8.51. The van der Waals surface area contributed by atoms with Crippen LogP contribution in [0.25, 0.3) is 0 Å². The Kier molecular flexibility index (Phi) is 6.91. The molecule has 1 rings (SSSR count). The van der Waals surface area contributed by atoms with E-state index in [0.29, 0.717) is 0 Å². The molecule has 0 saturated carbocycles. The van der Waals surface area contributed by atoms with Crippen molar-refractivity contribution in [3.8, 4) is 0 Å². The minimum atomic E-state index is -1.07. The zero-order valence-corrected chi connectivity index (χ0v) is 15.4. The number of hydrogen-bond donors (Lipinski definition) is 1. The molecule has 1 aromatic rings. The number of rotatable bonds is 3. The zero-order valence-electron chi connectivity index (χ0n) is 13.6. The number of nitrogens with one attached hydrogen (secondary N) is 1. The Balaban J connectivity index is 0.00000361. The molecule has 1 N–H and O–H groups in total. The smallest absolute Gasteiger partial charge is 0.0975 e. The molecule has 0 amide bonds. The maximum absolute atomic E-state index is 12.1. The van der Waals surface area contributed by atoms with Gasteiger partial charge in [0.15, 0.2) is 0 Å². The number of hydrogen-bond acceptors (Lipinski definition) is 2. The summed E-state index contributed by atoms with van der Waals surface area (Å²) >= 11 is 0. The van der Waals surface area contributed by atoms with Crippen molar-refractivity contribution in [1.29, 1.82) is 0 Å². The van der Waals surface area contributed by atoms with Gasteiger partial charge in [0.2, 0.25) is 0 Å². The molecule has 0 bridgehead atoms. The van der Waals surface area contributed by atoms with Crippen molar-refractivity contribution >= 4 is 24.5 Å².